The third-order valence-electron chi connectivity index (χ3n) is 2.36. The van der Waals surface area contributed by atoms with E-state index >= 15 is 0 Å². The van der Waals surface area contributed by atoms with Crippen LogP contribution in [0.15, 0.2) is 17.2 Å². The van der Waals surface area contributed by atoms with Gasteiger partial charge < -0.3 is 19.6 Å². The van der Waals surface area contributed by atoms with Crippen molar-refractivity contribution in [2.24, 2.45) is 5.11 Å². The molecular formula is C10H11N3O3. The van der Waals surface area contributed by atoms with E-state index in [1.165, 1.54) is 7.11 Å². The first-order valence-corrected chi connectivity index (χ1v) is 4.55. The van der Waals surface area contributed by atoms with Crippen molar-refractivity contribution in [1.82, 2.24) is 4.98 Å². The summed E-state index contributed by atoms with van der Waals surface area (Å²) in [5.74, 6) is 0.940. The average molecular weight is 221 g/mol. The first kappa shape index (κ1) is 10.3. The molecule has 0 aliphatic rings. The van der Waals surface area contributed by atoms with E-state index in [2.05, 4.69) is 10.1 Å². The maximum atomic E-state index is 9.55. The molecule has 0 aliphatic carbocycles. The number of methoxy groups -OCH3 is 2. The highest BCUT2D eigenvalue weighted by molar-refractivity contribution is 5.99. The van der Waals surface area contributed by atoms with Gasteiger partial charge in [-0.15, -0.1) is 0 Å². The van der Waals surface area contributed by atoms with Gasteiger partial charge in [0.2, 0.25) is 5.88 Å². The van der Waals surface area contributed by atoms with Gasteiger partial charge in [0.05, 0.1) is 25.1 Å². The van der Waals surface area contributed by atoms with Crippen LogP contribution in [0.1, 0.15) is 0 Å². The number of ether oxygens (including phenoxy) is 2. The third-order valence-corrected chi connectivity index (χ3v) is 2.36. The van der Waals surface area contributed by atoms with Crippen molar-refractivity contribution >= 4 is 16.6 Å². The number of nitrogens with one attached hydrogen (secondary N) is 2. The molecule has 0 spiro atoms. The Morgan fingerprint density at radius 3 is 2.62 bits per heavy atom. The van der Waals surface area contributed by atoms with E-state index in [9.17, 15) is 5.11 Å². The highest BCUT2D eigenvalue weighted by atomic mass is 16.5. The number of aromatic hydroxyl groups is 1. The van der Waals surface area contributed by atoms with Crippen molar-refractivity contribution in [2.45, 2.75) is 0 Å². The Kier molecular flexibility index (Phi) is 2.40. The number of fused-ring (bicyclic) bond motifs is 1. The van der Waals surface area contributed by atoms with Gasteiger partial charge in [-0.25, -0.2) is 5.53 Å². The molecule has 1 heterocycles. The van der Waals surface area contributed by atoms with Crippen molar-refractivity contribution < 1.29 is 14.6 Å². The predicted octanol–water partition coefficient (Wildman–Crippen LogP) is 2.55. The molecule has 0 atom stereocenters. The maximum Gasteiger partial charge on any atom is 0.218 e. The molecule has 0 amide bonds. The first-order chi connectivity index (χ1) is 7.71. The SMILES string of the molecule is COc1cc(OC)c2c(N=N)c(O)[nH]c2c1. The average Bonchev–Trinajstić information content (AvgIpc) is 2.62. The Labute approximate surface area is 91.3 Å². The molecule has 3 N–H and O–H groups in total. The molecule has 2 rings (SSSR count). The molecule has 84 valence electrons. The minimum Gasteiger partial charge on any atom is -0.497 e. The molecule has 0 radical (unpaired) electrons. The molecule has 0 unspecified atom stereocenters. The molecular weight excluding hydrogens is 210 g/mol. The molecule has 6 heteroatoms. The summed E-state index contributed by atoms with van der Waals surface area (Å²) in [5, 5.41) is 13.4. The lowest BCUT2D eigenvalue weighted by Crippen LogP contribution is -1.87. The summed E-state index contributed by atoms with van der Waals surface area (Å²) in [7, 11) is 3.05. The number of hydrogen-bond donors (Lipinski definition) is 3. The second-order valence-electron chi connectivity index (χ2n) is 3.19. The van der Waals surface area contributed by atoms with Gasteiger partial charge in [0.15, 0.2) is 5.69 Å². The van der Waals surface area contributed by atoms with E-state index in [1.807, 2.05) is 0 Å². The van der Waals surface area contributed by atoms with E-state index in [1.54, 1.807) is 19.2 Å². The number of hydrogen-bond acceptors (Lipinski definition) is 5. The number of aromatic nitrogens is 1. The standard InChI is InChI=1S/C10H11N3O3/c1-15-5-3-6-8(7(4-5)16-2)9(13-11)10(14)12-6/h3-4,11-12,14H,1-2H3. The second-order valence-corrected chi connectivity index (χ2v) is 3.19. The van der Waals surface area contributed by atoms with Crippen molar-refractivity contribution in [3.63, 3.8) is 0 Å². The zero-order valence-corrected chi connectivity index (χ0v) is 8.87. The van der Waals surface area contributed by atoms with Gasteiger partial charge in [-0.1, -0.05) is 0 Å². The summed E-state index contributed by atoms with van der Waals surface area (Å²) >= 11 is 0. The van der Waals surface area contributed by atoms with Crippen molar-refractivity contribution in [1.29, 1.82) is 5.53 Å². The zero-order chi connectivity index (χ0) is 11.7. The number of benzene rings is 1. The second kappa shape index (κ2) is 3.73. The van der Waals surface area contributed by atoms with Gasteiger partial charge in [-0.3, -0.25) is 0 Å². The van der Waals surface area contributed by atoms with Crippen LogP contribution in [0.25, 0.3) is 10.9 Å². The molecule has 0 saturated carbocycles. The maximum absolute atomic E-state index is 9.55. The largest absolute Gasteiger partial charge is 0.497 e. The lowest BCUT2D eigenvalue weighted by molar-refractivity contribution is 0.398. The minimum atomic E-state index is -0.156. The normalized spacial score (nSPS) is 10.4. The van der Waals surface area contributed by atoms with Crippen LogP contribution in [0.3, 0.4) is 0 Å². The molecule has 0 saturated heterocycles. The molecule has 2 aromatic rings. The van der Waals surface area contributed by atoms with Crippen LogP contribution < -0.4 is 9.47 Å². The van der Waals surface area contributed by atoms with Crippen LogP contribution in [-0.2, 0) is 0 Å². The van der Waals surface area contributed by atoms with Crippen molar-refractivity contribution in [3.8, 4) is 17.4 Å². The van der Waals surface area contributed by atoms with Crippen LogP contribution in [0.2, 0.25) is 0 Å². The summed E-state index contributed by atoms with van der Waals surface area (Å²) < 4.78 is 10.3. The first-order valence-electron chi connectivity index (χ1n) is 4.55. The Balaban J connectivity index is 2.84. The van der Waals surface area contributed by atoms with Crippen LogP contribution in [0, 0.1) is 5.53 Å². The Morgan fingerprint density at radius 1 is 1.31 bits per heavy atom. The highest BCUT2D eigenvalue weighted by Crippen LogP contribution is 2.42. The zero-order valence-electron chi connectivity index (χ0n) is 8.87. The van der Waals surface area contributed by atoms with Crippen LogP contribution >= 0.6 is 0 Å². The van der Waals surface area contributed by atoms with E-state index in [-0.39, 0.29) is 11.6 Å². The van der Waals surface area contributed by atoms with Crippen LogP contribution in [-0.4, -0.2) is 24.3 Å². The Bertz CT molecular complexity index is 548. The van der Waals surface area contributed by atoms with Crippen LogP contribution in [0.4, 0.5) is 5.69 Å². The third kappa shape index (κ3) is 1.35. The summed E-state index contributed by atoms with van der Waals surface area (Å²) in [6.07, 6.45) is 0. The molecule has 1 aromatic carbocycles. The molecule has 16 heavy (non-hydrogen) atoms. The highest BCUT2D eigenvalue weighted by Gasteiger charge is 2.16. The summed E-state index contributed by atoms with van der Waals surface area (Å²) in [5.41, 5.74) is 7.78. The van der Waals surface area contributed by atoms with Gasteiger partial charge in [-0.05, 0) is 0 Å². The summed E-state index contributed by atoms with van der Waals surface area (Å²) in [6, 6.07) is 3.37. The lowest BCUT2D eigenvalue weighted by Gasteiger charge is -2.05. The summed E-state index contributed by atoms with van der Waals surface area (Å²) in [4.78, 5) is 2.71. The predicted molar refractivity (Wildman–Crippen MR) is 57.9 cm³/mol. The van der Waals surface area contributed by atoms with Crippen LogP contribution in [0.5, 0.6) is 17.4 Å². The molecule has 6 nitrogen and oxygen atoms in total. The smallest absolute Gasteiger partial charge is 0.218 e. The Morgan fingerprint density at radius 2 is 2.06 bits per heavy atom. The van der Waals surface area contributed by atoms with E-state index in [0.717, 1.165) is 0 Å². The van der Waals surface area contributed by atoms with E-state index in [4.69, 9.17) is 15.0 Å². The van der Waals surface area contributed by atoms with Gasteiger partial charge in [0.1, 0.15) is 11.5 Å². The van der Waals surface area contributed by atoms with Gasteiger partial charge >= 0.3 is 0 Å². The number of nitrogens with zero attached hydrogens (tertiary/aromatic N) is 1. The quantitative estimate of drug-likeness (QED) is 0.695. The summed E-state index contributed by atoms with van der Waals surface area (Å²) in [6.45, 7) is 0. The van der Waals surface area contributed by atoms with Gasteiger partial charge in [-0.2, -0.15) is 5.11 Å². The Hall–Kier alpha value is -2.24. The number of aromatic amines is 1. The molecule has 0 bridgehead atoms. The molecule has 0 fully saturated rings. The molecule has 0 aliphatic heterocycles. The fraction of sp³-hybridized carbons (Fsp3) is 0.200. The fourth-order valence-electron chi connectivity index (χ4n) is 1.63. The van der Waals surface area contributed by atoms with Gasteiger partial charge in [0.25, 0.3) is 0 Å². The fourth-order valence-corrected chi connectivity index (χ4v) is 1.63. The minimum absolute atomic E-state index is 0.156. The molecule has 1 aromatic heterocycles. The number of H-pyrrole nitrogens is 1. The van der Waals surface area contributed by atoms with Crippen molar-refractivity contribution in [3.05, 3.63) is 12.1 Å². The number of rotatable bonds is 3. The van der Waals surface area contributed by atoms with Crippen molar-refractivity contribution in [2.75, 3.05) is 14.2 Å². The van der Waals surface area contributed by atoms with E-state index < -0.39 is 0 Å². The van der Waals surface area contributed by atoms with E-state index in [0.29, 0.717) is 22.4 Å². The topological polar surface area (TPSA) is 90.7 Å². The van der Waals surface area contributed by atoms with Gasteiger partial charge in [0, 0.05) is 12.1 Å². The monoisotopic (exact) mass is 221 g/mol. The lowest BCUT2D eigenvalue weighted by atomic mass is 10.2.